The van der Waals surface area contributed by atoms with Crippen molar-refractivity contribution in [2.24, 2.45) is 0 Å². The monoisotopic (exact) mass is 201 g/mol. The first-order chi connectivity index (χ1) is 7.04. The van der Waals surface area contributed by atoms with E-state index in [1.165, 1.54) is 0 Å². The Labute approximate surface area is 89.5 Å². The van der Waals surface area contributed by atoms with Gasteiger partial charge >= 0.3 is 0 Å². The molecular weight excluding hydrogens is 186 g/mol. The zero-order valence-corrected chi connectivity index (χ0v) is 9.32. The Bertz CT molecular complexity index is 503. The van der Waals surface area contributed by atoms with E-state index in [0.717, 1.165) is 22.8 Å². The lowest BCUT2D eigenvalue weighted by Crippen LogP contribution is -2.20. The maximum Gasteiger partial charge on any atom is 0.150 e. The normalized spacial score (nSPS) is 11.9. The van der Waals surface area contributed by atoms with Crippen LogP contribution in [0, 0.1) is 0 Å². The average Bonchev–Trinajstić information content (AvgIpc) is 2.59. The number of aldehydes is 1. The molecule has 0 atom stereocenters. The topological polar surface area (TPSA) is 22.0 Å². The van der Waals surface area contributed by atoms with Crippen LogP contribution in [0.5, 0.6) is 0 Å². The van der Waals surface area contributed by atoms with Gasteiger partial charge in [-0.1, -0.05) is 12.1 Å². The van der Waals surface area contributed by atoms with Crippen LogP contribution in [-0.2, 0) is 5.54 Å². The summed E-state index contributed by atoms with van der Waals surface area (Å²) in [6, 6.07) is 7.83. The Morgan fingerprint density at radius 3 is 2.53 bits per heavy atom. The van der Waals surface area contributed by atoms with Gasteiger partial charge in [-0.05, 0) is 32.9 Å². The molecule has 0 bridgehead atoms. The molecule has 1 aromatic heterocycles. The van der Waals surface area contributed by atoms with Crippen molar-refractivity contribution in [2.45, 2.75) is 26.3 Å². The summed E-state index contributed by atoms with van der Waals surface area (Å²) in [6.45, 7) is 6.46. The summed E-state index contributed by atoms with van der Waals surface area (Å²) in [5.41, 5.74) is 1.92. The second-order valence-electron chi connectivity index (χ2n) is 4.75. The lowest BCUT2D eigenvalue weighted by molar-refractivity contribution is 0.112. The summed E-state index contributed by atoms with van der Waals surface area (Å²) in [5, 5.41) is 1.03. The van der Waals surface area contributed by atoms with Crippen LogP contribution in [0.4, 0.5) is 0 Å². The van der Waals surface area contributed by atoms with Crippen LogP contribution in [-0.4, -0.2) is 10.9 Å². The molecule has 0 radical (unpaired) electrons. The highest BCUT2D eigenvalue weighted by Gasteiger charge is 2.15. The quantitative estimate of drug-likeness (QED) is 0.649. The number of carbonyl (C=O) groups is 1. The number of fused-ring (bicyclic) bond motifs is 1. The number of hydrogen-bond acceptors (Lipinski definition) is 1. The van der Waals surface area contributed by atoms with Gasteiger partial charge in [0.25, 0.3) is 0 Å². The van der Waals surface area contributed by atoms with Gasteiger partial charge in [0.2, 0.25) is 0 Å². The minimum atomic E-state index is 0.0449. The van der Waals surface area contributed by atoms with Crippen molar-refractivity contribution in [3.05, 3.63) is 36.0 Å². The van der Waals surface area contributed by atoms with Crippen molar-refractivity contribution in [1.29, 1.82) is 0 Å². The van der Waals surface area contributed by atoms with Crippen molar-refractivity contribution < 1.29 is 4.79 Å². The minimum Gasteiger partial charge on any atom is -0.342 e. The van der Waals surface area contributed by atoms with Gasteiger partial charge in [-0.2, -0.15) is 0 Å². The van der Waals surface area contributed by atoms with Gasteiger partial charge in [-0.15, -0.1) is 0 Å². The van der Waals surface area contributed by atoms with Crippen LogP contribution in [0.1, 0.15) is 31.1 Å². The zero-order chi connectivity index (χ0) is 11.1. The molecule has 78 valence electrons. The smallest absolute Gasteiger partial charge is 0.150 e. The fourth-order valence-electron chi connectivity index (χ4n) is 1.88. The van der Waals surface area contributed by atoms with E-state index in [-0.39, 0.29) is 5.54 Å². The van der Waals surface area contributed by atoms with Crippen molar-refractivity contribution >= 4 is 17.2 Å². The van der Waals surface area contributed by atoms with Crippen molar-refractivity contribution in [3.63, 3.8) is 0 Å². The van der Waals surface area contributed by atoms with E-state index in [1.807, 2.05) is 30.5 Å². The standard InChI is InChI=1S/C13H15NO/c1-13(2,3)14-8-7-11-10(9-15)5-4-6-12(11)14/h4-9H,1-3H3. The fourth-order valence-corrected chi connectivity index (χ4v) is 1.88. The molecule has 0 amide bonds. The summed E-state index contributed by atoms with van der Waals surface area (Å²) in [7, 11) is 0. The number of nitrogens with zero attached hydrogens (tertiary/aromatic N) is 1. The first-order valence-electron chi connectivity index (χ1n) is 5.10. The first kappa shape index (κ1) is 9.97. The van der Waals surface area contributed by atoms with Crippen LogP contribution in [0.2, 0.25) is 0 Å². The Balaban J connectivity index is 2.77. The average molecular weight is 201 g/mol. The number of hydrogen-bond donors (Lipinski definition) is 0. The number of rotatable bonds is 1. The largest absolute Gasteiger partial charge is 0.342 e. The Morgan fingerprint density at radius 2 is 1.93 bits per heavy atom. The molecule has 2 nitrogen and oxygen atoms in total. The number of carbonyl (C=O) groups excluding carboxylic acids is 1. The summed E-state index contributed by atoms with van der Waals surface area (Å²) >= 11 is 0. The maximum absolute atomic E-state index is 10.9. The van der Waals surface area contributed by atoms with Crippen molar-refractivity contribution in [3.8, 4) is 0 Å². The molecule has 0 aliphatic carbocycles. The highest BCUT2D eigenvalue weighted by molar-refractivity contribution is 5.97. The Morgan fingerprint density at radius 1 is 1.20 bits per heavy atom. The van der Waals surface area contributed by atoms with E-state index < -0.39 is 0 Å². The molecular formula is C13H15NO. The predicted molar refractivity (Wildman–Crippen MR) is 62.3 cm³/mol. The molecule has 0 fully saturated rings. The number of benzene rings is 1. The third kappa shape index (κ3) is 1.56. The van der Waals surface area contributed by atoms with Crippen molar-refractivity contribution in [1.82, 2.24) is 4.57 Å². The molecule has 2 heteroatoms. The fraction of sp³-hybridized carbons (Fsp3) is 0.308. The van der Waals surface area contributed by atoms with E-state index in [9.17, 15) is 4.79 Å². The molecule has 0 saturated heterocycles. The van der Waals surface area contributed by atoms with E-state index in [0.29, 0.717) is 0 Å². The van der Waals surface area contributed by atoms with Crippen LogP contribution in [0.15, 0.2) is 30.5 Å². The summed E-state index contributed by atoms with van der Waals surface area (Å²) in [4.78, 5) is 10.9. The summed E-state index contributed by atoms with van der Waals surface area (Å²) in [6.07, 6.45) is 2.95. The van der Waals surface area contributed by atoms with Gasteiger partial charge in [-0.3, -0.25) is 4.79 Å². The molecule has 0 unspecified atom stereocenters. The van der Waals surface area contributed by atoms with Crippen LogP contribution in [0.3, 0.4) is 0 Å². The molecule has 0 N–H and O–H groups in total. The molecule has 0 spiro atoms. The molecule has 2 rings (SSSR count). The van der Waals surface area contributed by atoms with Crippen LogP contribution in [0.25, 0.3) is 10.9 Å². The molecule has 0 saturated carbocycles. The van der Waals surface area contributed by atoms with Gasteiger partial charge in [0, 0.05) is 28.2 Å². The highest BCUT2D eigenvalue weighted by atomic mass is 16.1. The summed E-state index contributed by atoms with van der Waals surface area (Å²) < 4.78 is 2.19. The van der Waals surface area contributed by atoms with E-state index in [4.69, 9.17) is 0 Å². The Kier molecular flexibility index (Phi) is 2.14. The number of aromatic nitrogens is 1. The van der Waals surface area contributed by atoms with E-state index >= 15 is 0 Å². The van der Waals surface area contributed by atoms with Gasteiger partial charge in [-0.25, -0.2) is 0 Å². The lowest BCUT2D eigenvalue weighted by atomic mass is 10.1. The Hall–Kier alpha value is -1.57. The second kappa shape index (κ2) is 3.23. The predicted octanol–water partition coefficient (Wildman–Crippen LogP) is 3.21. The van der Waals surface area contributed by atoms with Gasteiger partial charge in [0.15, 0.2) is 6.29 Å². The van der Waals surface area contributed by atoms with Gasteiger partial charge in [0.1, 0.15) is 0 Å². The molecule has 15 heavy (non-hydrogen) atoms. The third-order valence-electron chi connectivity index (χ3n) is 2.62. The van der Waals surface area contributed by atoms with Crippen LogP contribution < -0.4 is 0 Å². The maximum atomic E-state index is 10.9. The third-order valence-corrected chi connectivity index (χ3v) is 2.62. The second-order valence-corrected chi connectivity index (χ2v) is 4.75. The SMILES string of the molecule is CC(C)(C)n1ccc2c(C=O)cccc21. The van der Waals surface area contributed by atoms with E-state index in [2.05, 4.69) is 25.3 Å². The minimum absolute atomic E-state index is 0.0449. The van der Waals surface area contributed by atoms with Crippen molar-refractivity contribution in [2.75, 3.05) is 0 Å². The van der Waals surface area contributed by atoms with Gasteiger partial charge < -0.3 is 4.57 Å². The highest BCUT2D eigenvalue weighted by Crippen LogP contribution is 2.25. The molecule has 0 aliphatic heterocycles. The zero-order valence-electron chi connectivity index (χ0n) is 9.32. The van der Waals surface area contributed by atoms with E-state index in [1.54, 1.807) is 0 Å². The van der Waals surface area contributed by atoms with Crippen LogP contribution >= 0.6 is 0 Å². The molecule has 1 heterocycles. The lowest BCUT2D eigenvalue weighted by Gasteiger charge is -2.22. The van der Waals surface area contributed by atoms with Gasteiger partial charge in [0.05, 0.1) is 0 Å². The molecule has 1 aromatic carbocycles. The molecule has 0 aliphatic rings. The summed E-state index contributed by atoms with van der Waals surface area (Å²) in [5.74, 6) is 0. The molecule has 2 aromatic rings. The first-order valence-corrected chi connectivity index (χ1v) is 5.10.